The second-order valence-corrected chi connectivity index (χ2v) is 9.33. The number of nitrogens with zero attached hydrogens (tertiary/aromatic N) is 1. The molecule has 2 aliphatic heterocycles. The Morgan fingerprint density at radius 2 is 1.86 bits per heavy atom. The minimum Gasteiger partial charge on any atom is -0.503 e. The van der Waals surface area contributed by atoms with Crippen molar-refractivity contribution in [2.75, 3.05) is 11.7 Å². The predicted molar refractivity (Wildman–Crippen MR) is 132 cm³/mol. The maximum Gasteiger partial charge on any atom is 0.294 e. The molecule has 0 saturated carbocycles. The Morgan fingerprint density at radius 3 is 2.69 bits per heavy atom. The van der Waals surface area contributed by atoms with Gasteiger partial charge < -0.3 is 19.0 Å². The number of amides is 1. The van der Waals surface area contributed by atoms with E-state index in [1.165, 1.54) is 4.90 Å². The lowest BCUT2D eigenvalue weighted by molar-refractivity contribution is -0.117. The number of Topliss-reactive ketones (excluding diaryl/α,β-unsaturated/α-hetero) is 1. The summed E-state index contributed by atoms with van der Waals surface area (Å²) in [5, 5.41) is 11.7. The molecule has 174 valence electrons. The molecule has 6 rings (SSSR count). The summed E-state index contributed by atoms with van der Waals surface area (Å²) in [5.41, 5.74) is 2.58. The average Bonchev–Trinajstić information content (AvgIpc) is 3.54. The van der Waals surface area contributed by atoms with E-state index in [1.807, 2.05) is 43.3 Å². The summed E-state index contributed by atoms with van der Waals surface area (Å²) in [6.07, 6.45) is 0. The molecule has 4 aromatic rings. The van der Waals surface area contributed by atoms with Crippen LogP contribution in [0.2, 0.25) is 0 Å². The summed E-state index contributed by atoms with van der Waals surface area (Å²) in [7, 11) is 0. The van der Waals surface area contributed by atoms with E-state index >= 15 is 0 Å². The number of benzene rings is 3. The highest BCUT2D eigenvalue weighted by Crippen LogP contribution is 2.45. The molecule has 1 unspecified atom stereocenters. The average molecular weight is 532 g/mol. The third-order valence-corrected chi connectivity index (χ3v) is 6.64. The minimum atomic E-state index is -0.866. The van der Waals surface area contributed by atoms with E-state index in [-0.39, 0.29) is 18.1 Å². The van der Waals surface area contributed by atoms with Crippen LogP contribution in [0.25, 0.3) is 11.0 Å². The number of aliphatic hydroxyl groups excluding tert-OH is 1. The Labute approximate surface area is 208 Å². The van der Waals surface area contributed by atoms with Gasteiger partial charge in [-0.25, -0.2) is 0 Å². The highest BCUT2D eigenvalue weighted by atomic mass is 79.9. The Morgan fingerprint density at radius 1 is 1.03 bits per heavy atom. The van der Waals surface area contributed by atoms with Gasteiger partial charge in [-0.05, 0) is 48.9 Å². The molecule has 0 radical (unpaired) electrons. The lowest BCUT2D eigenvalue weighted by atomic mass is 9.94. The Balaban J connectivity index is 1.50. The number of hydrogen-bond acceptors (Lipinski definition) is 6. The van der Waals surface area contributed by atoms with Crippen molar-refractivity contribution < 1.29 is 28.6 Å². The molecule has 0 bridgehead atoms. The number of rotatable bonds is 4. The lowest BCUT2D eigenvalue weighted by Gasteiger charge is -2.27. The molecule has 35 heavy (non-hydrogen) atoms. The first-order valence-electron chi connectivity index (χ1n) is 10.9. The van der Waals surface area contributed by atoms with Crippen molar-refractivity contribution in [3.05, 3.63) is 99.4 Å². The van der Waals surface area contributed by atoms with Gasteiger partial charge in [0.05, 0.1) is 11.6 Å². The second-order valence-electron chi connectivity index (χ2n) is 8.41. The number of fused-ring (bicyclic) bond motifs is 2. The fraction of sp³-hybridized carbons (Fsp3) is 0.111. The lowest BCUT2D eigenvalue weighted by Crippen LogP contribution is -2.31. The quantitative estimate of drug-likeness (QED) is 0.324. The van der Waals surface area contributed by atoms with Crippen LogP contribution >= 0.6 is 15.9 Å². The monoisotopic (exact) mass is 531 g/mol. The van der Waals surface area contributed by atoms with Gasteiger partial charge >= 0.3 is 0 Å². The van der Waals surface area contributed by atoms with Gasteiger partial charge in [-0.15, -0.1) is 0 Å². The maximum atomic E-state index is 13.7. The normalized spacial score (nSPS) is 17.0. The fourth-order valence-electron chi connectivity index (χ4n) is 4.55. The van der Waals surface area contributed by atoms with Crippen LogP contribution in [-0.4, -0.2) is 23.6 Å². The van der Waals surface area contributed by atoms with Gasteiger partial charge in [0, 0.05) is 21.6 Å². The highest BCUT2D eigenvalue weighted by Gasteiger charge is 2.45. The molecular weight excluding hydrogens is 514 g/mol. The zero-order valence-corrected chi connectivity index (χ0v) is 20.0. The zero-order valence-electron chi connectivity index (χ0n) is 18.4. The molecule has 8 heteroatoms. The van der Waals surface area contributed by atoms with Gasteiger partial charge in [-0.1, -0.05) is 45.8 Å². The van der Waals surface area contributed by atoms with E-state index in [0.29, 0.717) is 28.3 Å². The third-order valence-electron chi connectivity index (χ3n) is 6.15. The smallest absolute Gasteiger partial charge is 0.294 e. The van der Waals surface area contributed by atoms with Crippen LogP contribution in [-0.2, 0) is 4.79 Å². The first-order chi connectivity index (χ1) is 16.9. The van der Waals surface area contributed by atoms with Crippen molar-refractivity contribution in [3.8, 4) is 11.5 Å². The molecule has 0 fully saturated rings. The van der Waals surface area contributed by atoms with Gasteiger partial charge in [0.1, 0.15) is 5.58 Å². The standard InChI is InChI=1S/C27H18BrNO6/c1-14-3-2-4-15(9-14)24-23(25(30)22-11-16-10-17(28)5-7-19(16)35-22)26(31)27(32)29(24)18-6-8-20-21(12-18)34-13-33-20/h2-12,24,31H,13H2,1H3. The van der Waals surface area contributed by atoms with E-state index in [2.05, 4.69) is 15.9 Å². The van der Waals surface area contributed by atoms with Crippen molar-refractivity contribution in [2.45, 2.75) is 13.0 Å². The first kappa shape index (κ1) is 21.5. The molecule has 1 N–H and O–H groups in total. The minimum absolute atomic E-state index is 0.0395. The van der Waals surface area contributed by atoms with Crippen molar-refractivity contribution in [1.29, 1.82) is 0 Å². The summed E-state index contributed by atoms with van der Waals surface area (Å²) >= 11 is 3.42. The SMILES string of the molecule is Cc1cccc(C2C(C(=O)c3cc4cc(Br)ccc4o3)=C(O)C(=O)N2c2ccc3c(c2)OCO3)c1. The summed E-state index contributed by atoms with van der Waals surface area (Å²) < 4.78 is 17.5. The molecule has 0 spiro atoms. The molecule has 7 nitrogen and oxygen atoms in total. The fourth-order valence-corrected chi connectivity index (χ4v) is 4.93. The van der Waals surface area contributed by atoms with Crippen LogP contribution in [0.15, 0.2) is 87.0 Å². The van der Waals surface area contributed by atoms with E-state index in [0.717, 1.165) is 15.4 Å². The summed E-state index contributed by atoms with van der Waals surface area (Å²) in [6.45, 7) is 2.01. The van der Waals surface area contributed by atoms with Crippen LogP contribution in [0.1, 0.15) is 27.7 Å². The summed E-state index contributed by atoms with van der Waals surface area (Å²) in [4.78, 5) is 28.5. The number of halogens is 1. The number of aryl methyl sites for hydroxylation is 1. The van der Waals surface area contributed by atoms with Crippen LogP contribution in [0.5, 0.6) is 11.5 Å². The molecule has 1 aromatic heterocycles. The Bertz CT molecular complexity index is 1570. The number of anilines is 1. The number of hydrogen-bond donors (Lipinski definition) is 1. The molecule has 1 atom stereocenters. The predicted octanol–water partition coefficient (Wildman–Crippen LogP) is 6.02. The van der Waals surface area contributed by atoms with Crippen molar-refractivity contribution in [1.82, 2.24) is 0 Å². The topological polar surface area (TPSA) is 89.2 Å². The van der Waals surface area contributed by atoms with Crippen LogP contribution in [0.3, 0.4) is 0 Å². The Kier molecular flexibility index (Phi) is 4.93. The van der Waals surface area contributed by atoms with Crippen LogP contribution in [0, 0.1) is 6.92 Å². The molecule has 2 aliphatic rings. The maximum absolute atomic E-state index is 13.7. The number of ether oxygens (including phenoxy) is 2. The van der Waals surface area contributed by atoms with Crippen molar-refractivity contribution in [2.24, 2.45) is 0 Å². The molecule has 0 saturated heterocycles. The number of carbonyl (C=O) groups is 2. The molecule has 1 amide bonds. The molecule has 3 aromatic carbocycles. The van der Waals surface area contributed by atoms with Gasteiger partial charge in [0.2, 0.25) is 12.6 Å². The second kappa shape index (κ2) is 8.02. The molecular formula is C27H18BrNO6. The van der Waals surface area contributed by atoms with E-state index in [4.69, 9.17) is 13.9 Å². The van der Waals surface area contributed by atoms with Crippen molar-refractivity contribution >= 4 is 44.3 Å². The largest absolute Gasteiger partial charge is 0.503 e. The number of carbonyl (C=O) groups excluding carboxylic acids is 2. The first-order valence-corrected chi connectivity index (χ1v) is 11.7. The van der Waals surface area contributed by atoms with Crippen LogP contribution in [0.4, 0.5) is 5.69 Å². The van der Waals surface area contributed by atoms with E-state index in [1.54, 1.807) is 30.3 Å². The van der Waals surface area contributed by atoms with Gasteiger partial charge in [0.15, 0.2) is 23.0 Å². The summed E-state index contributed by atoms with van der Waals surface area (Å²) in [5.74, 6) is -0.760. The highest BCUT2D eigenvalue weighted by molar-refractivity contribution is 9.10. The van der Waals surface area contributed by atoms with Gasteiger partial charge in [-0.3, -0.25) is 14.5 Å². The summed E-state index contributed by atoms with van der Waals surface area (Å²) in [6, 6.07) is 18.7. The molecule has 3 heterocycles. The zero-order chi connectivity index (χ0) is 24.3. The molecule has 0 aliphatic carbocycles. The van der Waals surface area contributed by atoms with Crippen molar-refractivity contribution in [3.63, 3.8) is 0 Å². The van der Waals surface area contributed by atoms with E-state index in [9.17, 15) is 14.7 Å². The van der Waals surface area contributed by atoms with E-state index < -0.39 is 23.5 Å². The van der Waals surface area contributed by atoms with Gasteiger partial charge in [0.25, 0.3) is 5.91 Å². The Hall–Kier alpha value is -4.04. The number of furan rings is 1. The number of aliphatic hydroxyl groups is 1. The third kappa shape index (κ3) is 3.49. The van der Waals surface area contributed by atoms with Crippen LogP contribution < -0.4 is 14.4 Å². The number of ketones is 1. The van der Waals surface area contributed by atoms with Gasteiger partial charge in [-0.2, -0.15) is 0 Å².